The summed E-state index contributed by atoms with van der Waals surface area (Å²) in [4.78, 5) is 4.63. The molecule has 2 rings (SSSR count). The summed E-state index contributed by atoms with van der Waals surface area (Å²) >= 11 is 0. The maximum atomic E-state index is 5.22. The standard InChI is InChI=1S/C14H17N3/c1-3-9-15-11-14-16-12-7-5-6-8-13(12)17(14)10-4-2/h1,5-8,15H,4,9-11H2,2H3. The van der Waals surface area contributed by atoms with E-state index in [2.05, 4.69) is 39.8 Å². The van der Waals surface area contributed by atoms with Crippen molar-refractivity contribution in [1.82, 2.24) is 14.9 Å². The molecule has 0 amide bonds. The van der Waals surface area contributed by atoms with Crippen LogP contribution in [-0.2, 0) is 13.1 Å². The van der Waals surface area contributed by atoms with Gasteiger partial charge in [-0.25, -0.2) is 4.98 Å². The zero-order valence-corrected chi connectivity index (χ0v) is 10.1. The molecule has 0 fully saturated rings. The topological polar surface area (TPSA) is 29.9 Å². The van der Waals surface area contributed by atoms with Gasteiger partial charge >= 0.3 is 0 Å². The third-order valence-electron chi connectivity index (χ3n) is 2.69. The Balaban J connectivity index is 2.32. The van der Waals surface area contributed by atoms with Crippen molar-refractivity contribution in [3.63, 3.8) is 0 Å². The first kappa shape index (κ1) is 11.7. The molecule has 3 nitrogen and oxygen atoms in total. The maximum Gasteiger partial charge on any atom is 0.123 e. The number of rotatable bonds is 5. The number of terminal acetylenes is 1. The molecule has 0 bridgehead atoms. The number of nitrogens with zero attached hydrogens (tertiary/aromatic N) is 2. The van der Waals surface area contributed by atoms with Crippen molar-refractivity contribution < 1.29 is 0 Å². The van der Waals surface area contributed by atoms with E-state index in [0.29, 0.717) is 6.54 Å². The van der Waals surface area contributed by atoms with Crippen molar-refractivity contribution >= 4 is 11.0 Å². The second-order valence-corrected chi connectivity index (χ2v) is 3.98. The molecule has 1 aromatic heterocycles. The van der Waals surface area contributed by atoms with Crippen LogP contribution in [0.15, 0.2) is 24.3 Å². The number of nitrogens with one attached hydrogen (secondary N) is 1. The predicted molar refractivity (Wildman–Crippen MR) is 70.6 cm³/mol. The van der Waals surface area contributed by atoms with Gasteiger partial charge in [0.1, 0.15) is 5.82 Å². The molecule has 0 saturated heterocycles. The molecule has 17 heavy (non-hydrogen) atoms. The van der Waals surface area contributed by atoms with Crippen molar-refractivity contribution in [2.75, 3.05) is 6.54 Å². The van der Waals surface area contributed by atoms with Crippen molar-refractivity contribution in [3.05, 3.63) is 30.1 Å². The van der Waals surface area contributed by atoms with E-state index in [0.717, 1.165) is 30.9 Å². The van der Waals surface area contributed by atoms with Crippen LogP contribution in [0.5, 0.6) is 0 Å². The minimum absolute atomic E-state index is 0.579. The molecule has 0 aliphatic rings. The summed E-state index contributed by atoms with van der Waals surface area (Å²) in [5.74, 6) is 3.63. The smallest absolute Gasteiger partial charge is 0.123 e. The highest BCUT2D eigenvalue weighted by Crippen LogP contribution is 2.16. The van der Waals surface area contributed by atoms with E-state index in [1.807, 2.05) is 12.1 Å². The third-order valence-corrected chi connectivity index (χ3v) is 2.69. The molecule has 0 radical (unpaired) electrons. The van der Waals surface area contributed by atoms with Crippen LogP contribution in [0, 0.1) is 12.3 Å². The third kappa shape index (κ3) is 2.48. The summed E-state index contributed by atoms with van der Waals surface area (Å²) in [6, 6.07) is 8.23. The minimum Gasteiger partial charge on any atom is -0.327 e. The second-order valence-electron chi connectivity index (χ2n) is 3.98. The Hall–Kier alpha value is -1.79. The lowest BCUT2D eigenvalue weighted by Gasteiger charge is -2.07. The van der Waals surface area contributed by atoms with Gasteiger partial charge in [0, 0.05) is 6.54 Å². The zero-order valence-electron chi connectivity index (χ0n) is 10.1. The lowest BCUT2D eigenvalue weighted by atomic mass is 10.3. The Bertz CT molecular complexity index is 534. The molecule has 0 atom stereocenters. The first-order chi connectivity index (χ1) is 8.36. The number of imidazole rings is 1. The van der Waals surface area contributed by atoms with Gasteiger partial charge in [0.15, 0.2) is 0 Å². The Morgan fingerprint density at radius 3 is 3.00 bits per heavy atom. The second kappa shape index (κ2) is 5.51. The molecule has 0 aliphatic heterocycles. The van der Waals surface area contributed by atoms with E-state index in [1.54, 1.807) is 0 Å². The first-order valence-corrected chi connectivity index (χ1v) is 5.95. The molecular formula is C14H17N3. The molecular weight excluding hydrogens is 210 g/mol. The van der Waals surface area contributed by atoms with E-state index < -0.39 is 0 Å². The van der Waals surface area contributed by atoms with Crippen LogP contribution in [0.3, 0.4) is 0 Å². The zero-order chi connectivity index (χ0) is 12.1. The Labute approximate surface area is 102 Å². The summed E-state index contributed by atoms with van der Waals surface area (Å²) in [5, 5.41) is 3.19. The van der Waals surface area contributed by atoms with Crippen molar-refractivity contribution in [3.8, 4) is 12.3 Å². The molecule has 3 heteroatoms. The van der Waals surface area contributed by atoms with Gasteiger partial charge < -0.3 is 4.57 Å². The van der Waals surface area contributed by atoms with E-state index in [4.69, 9.17) is 6.42 Å². The number of hydrogen-bond donors (Lipinski definition) is 1. The lowest BCUT2D eigenvalue weighted by molar-refractivity contribution is 0.620. The van der Waals surface area contributed by atoms with Crippen LogP contribution in [0.1, 0.15) is 19.2 Å². The van der Waals surface area contributed by atoms with Crippen LogP contribution in [0.25, 0.3) is 11.0 Å². The highest BCUT2D eigenvalue weighted by molar-refractivity contribution is 5.75. The van der Waals surface area contributed by atoms with Crippen LogP contribution in [-0.4, -0.2) is 16.1 Å². The van der Waals surface area contributed by atoms with Gasteiger partial charge in [0.2, 0.25) is 0 Å². The number of benzene rings is 1. The van der Waals surface area contributed by atoms with Gasteiger partial charge in [-0.15, -0.1) is 6.42 Å². The number of fused-ring (bicyclic) bond motifs is 1. The molecule has 1 heterocycles. The molecule has 2 aromatic rings. The molecule has 0 unspecified atom stereocenters. The fourth-order valence-corrected chi connectivity index (χ4v) is 1.98. The molecule has 88 valence electrons. The van der Waals surface area contributed by atoms with Gasteiger partial charge in [0.25, 0.3) is 0 Å². The Kier molecular flexibility index (Phi) is 3.79. The normalized spacial score (nSPS) is 10.6. The maximum absolute atomic E-state index is 5.22. The van der Waals surface area contributed by atoms with Crippen molar-refractivity contribution in [2.24, 2.45) is 0 Å². The molecule has 0 spiro atoms. The Morgan fingerprint density at radius 1 is 1.41 bits per heavy atom. The molecule has 0 saturated carbocycles. The van der Waals surface area contributed by atoms with E-state index in [-0.39, 0.29) is 0 Å². The molecule has 0 aliphatic carbocycles. The number of aromatic nitrogens is 2. The van der Waals surface area contributed by atoms with Crippen LogP contribution >= 0.6 is 0 Å². The average molecular weight is 227 g/mol. The van der Waals surface area contributed by atoms with Crippen LogP contribution in [0.4, 0.5) is 0 Å². The van der Waals surface area contributed by atoms with Gasteiger partial charge in [0.05, 0.1) is 24.1 Å². The van der Waals surface area contributed by atoms with E-state index in [1.165, 1.54) is 5.52 Å². The summed E-state index contributed by atoms with van der Waals surface area (Å²) in [5.41, 5.74) is 2.25. The molecule has 1 aromatic carbocycles. The largest absolute Gasteiger partial charge is 0.327 e. The summed E-state index contributed by atoms with van der Waals surface area (Å²) in [6.45, 7) is 4.47. The average Bonchev–Trinajstić information content (AvgIpc) is 2.69. The van der Waals surface area contributed by atoms with Gasteiger partial charge in [-0.3, -0.25) is 5.32 Å². The van der Waals surface area contributed by atoms with Gasteiger partial charge in [-0.2, -0.15) is 0 Å². The van der Waals surface area contributed by atoms with Gasteiger partial charge in [-0.1, -0.05) is 25.0 Å². The number of para-hydroxylation sites is 2. The minimum atomic E-state index is 0.579. The first-order valence-electron chi connectivity index (χ1n) is 5.95. The van der Waals surface area contributed by atoms with Crippen LogP contribution < -0.4 is 5.32 Å². The summed E-state index contributed by atoms with van der Waals surface area (Å²) < 4.78 is 2.26. The highest BCUT2D eigenvalue weighted by Gasteiger charge is 2.08. The fraction of sp³-hybridized carbons (Fsp3) is 0.357. The predicted octanol–water partition coefficient (Wildman–Crippen LogP) is 2.17. The highest BCUT2D eigenvalue weighted by atomic mass is 15.1. The molecule has 1 N–H and O–H groups in total. The summed E-state index contributed by atoms with van der Waals surface area (Å²) in [7, 11) is 0. The number of hydrogen-bond acceptors (Lipinski definition) is 2. The van der Waals surface area contributed by atoms with Gasteiger partial charge in [-0.05, 0) is 18.6 Å². The lowest BCUT2D eigenvalue weighted by Crippen LogP contribution is -2.17. The monoisotopic (exact) mass is 227 g/mol. The quantitative estimate of drug-likeness (QED) is 0.626. The van der Waals surface area contributed by atoms with Crippen LogP contribution in [0.2, 0.25) is 0 Å². The summed E-state index contributed by atoms with van der Waals surface area (Å²) in [6.07, 6.45) is 6.32. The van der Waals surface area contributed by atoms with E-state index >= 15 is 0 Å². The SMILES string of the molecule is C#CCNCc1nc2ccccc2n1CCC. The van der Waals surface area contributed by atoms with Crippen molar-refractivity contribution in [1.29, 1.82) is 0 Å². The number of aryl methyl sites for hydroxylation is 1. The Morgan fingerprint density at radius 2 is 2.24 bits per heavy atom. The van der Waals surface area contributed by atoms with Crippen molar-refractivity contribution in [2.45, 2.75) is 26.4 Å². The van der Waals surface area contributed by atoms with E-state index in [9.17, 15) is 0 Å². The fourth-order valence-electron chi connectivity index (χ4n) is 1.98.